The molecule has 25 heavy (non-hydrogen) atoms. The van der Waals surface area contributed by atoms with Crippen LogP contribution in [0.25, 0.3) is 0 Å². The van der Waals surface area contributed by atoms with E-state index in [-0.39, 0.29) is 35.8 Å². The summed E-state index contributed by atoms with van der Waals surface area (Å²) in [5.74, 6) is 1.15. The molecule has 1 amide bonds. The van der Waals surface area contributed by atoms with Crippen molar-refractivity contribution in [1.29, 1.82) is 0 Å². The molecule has 0 bridgehead atoms. The number of aliphatic imine (C=N–C) groups is 1. The van der Waals surface area contributed by atoms with Crippen LogP contribution in [0, 0.1) is 5.92 Å². The van der Waals surface area contributed by atoms with Crippen molar-refractivity contribution in [3.05, 3.63) is 33.8 Å². The number of amides is 1. The van der Waals surface area contributed by atoms with Crippen molar-refractivity contribution in [2.24, 2.45) is 10.9 Å². The monoisotopic (exact) mass is 498 g/mol. The smallest absolute Gasteiger partial charge is 0.223 e. The summed E-state index contributed by atoms with van der Waals surface area (Å²) in [4.78, 5) is 15.7. The zero-order valence-corrected chi connectivity index (χ0v) is 18.1. The lowest BCUT2D eigenvalue weighted by Gasteiger charge is -2.12. The molecular formula is C17H25Cl2IN4O. The molecule has 1 aromatic carbocycles. The summed E-state index contributed by atoms with van der Waals surface area (Å²) in [7, 11) is 1.73. The van der Waals surface area contributed by atoms with E-state index in [4.69, 9.17) is 23.2 Å². The van der Waals surface area contributed by atoms with E-state index in [1.54, 1.807) is 13.1 Å². The number of guanidine groups is 1. The number of nitrogens with zero attached hydrogens (tertiary/aromatic N) is 1. The number of carbonyl (C=O) groups excluding carboxylic acids is 1. The number of rotatable bonds is 8. The third-order valence-corrected chi connectivity index (χ3v) is 4.41. The zero-order valence-electron chi connectivity index (χ0n) is 14.3. The van der Waals surface area contributed by atoms with Crippen molar-refractivity contribution in [3.8, 4) is 0 Å². The maximum atomic E-state index is 11.5. The number of benzene rings is 1. The molecule has 1 aromatic rings. The van der Waals surface area contributed by atoms with Crippen molar-refractivity contribution in [1.82, 2.24) is 16.0 Å². The Labute approximate surface area is 176 Å². The van der Waals surface area contributed by atoms with Crippen LogP contribution in [0.4, 0.5) is 0 Å². The molecule has 0 radical (unpaired) electrons. The van der Waals surface area contributed by atoms with Gasteiger partial charge in [0.15, 0.2) is 5.96 Å². The van der Waals surface area contributed by atoms with E-state index in [1.807, 2.05) is 12.1 Å². The highest BCUT2D eigenvalue weighted by molar-refractivity contribution is 14.0. The first kappa shape index (κ1) is 22.3. The first-order valence-corrected chi connectivity index (χ1v) is 9.02. The number of nitrogens with one attached hydrogen (secondary N) is 3. The molecule has 1 aliphatic rings. The second kappa shape index (κ2) is 11.8. The summed E-state index contributed by atoms with van der Waals surface area (Å²) < 4.78 is 0. The standard InChI is InChI=1S/C17H24Cl2N4O.HI/c1-20-17(23-10-9-21-16(24)13-4-5-13)22-8-2-3-12-6-7-14(18)11-15(12)19;/h6-7,11,13H,2-5,8-10H2,1H3,(H,21,24)(H2,20,22,23);1H. The lowest BCUT2D eigenvalue weighted by Crippen LogP contribution is -2.42. The summed E-state index contributed by atoms with van der Waals surface area (Å²) >= 11 is 12.1. The van der Waals surface area contributed by atoms with Crippen molar-refractivity contribution in [2.75, 3.05) is 26.7 Å². The second-order valence-corrected chi connectivity index (χ2v) is 6.67. The van der Waals surface area contributed by atoms with Crippen LogP contribution in [-0.2, 0) is 11.2 Å². The van der Waals surface area contributed by atoms with Gasteiger partial charge in [-0.25, -0.2) is 0 Å². The molecule has 5 nitrogen and oxygen atoms in total. The molecule has 140 valence electrons. The molecule has 0 unspecified atom stereocenters. The minimum absolute atomic E-state index is 0. The van der Waals surface area contributed by atoms with Crippen molar-refractivity contribution in [2.45, 2.75) is 25.7 Å². The SMILES string of the molecule is CN=C(NCCCc1ccc(Cl)cc1Cl)NCCNC(=O)C1CC1.I. The van der Waals surface area contributed by atoms with Gasteiger partial charge in [-0.05, 0) is 43.4 Å². The molecule has 3 N–H and O–H groups in total. The van der Waals surface area contributed by atoms with Crippen molar-refractivity contribution < 1.29 is 4.79 Å². The molecule has 0 aliphatic heterocycles. The minimum atomic E-state index is 0. The third-order valence-electron chi connectivity index (χ3n) is 3.82. The summed E-state index contributed by atoms with van der Waals surface area (Å²) in [6.45, 7) is 2.05. The van der Waals surface area contributed by atoms with E-state index in [9.17, 15) is 4.79 Å². The predicted molar refractivity (Wildman–Crippen MR) is 115 cm³/mol. The summed E-state index contributed by atoms with van der Waals surface area (Å²) in [5, 5.41) is 10.7. The van der Waals surface area contributed by atoms with E-state index >= 15 is 0 Å². The lowest BCUT2D eigenvalue weighted by atomic mass is 10.1. The predicted octanol–water partition coefficient (Wildman–Crippen LogP) is 3.24. The van der Waals surface area contributed by atoms with Crippen molar-refractivity contribution in [3.63, 3.8) is 0 Å². The van der Waals surface area contributed by atoms with Crippen LogP contribution in [0.2, 0.25) is 10.0 Å². The van der Waals surface area contributed by atoms with Crippen LogP contribution in [0.15, 0.2) is 23.2 Å². The highest BCUT2D eigenvalue weighted by atomic mass is 127. The summed E-state index contributed by atoms with van der Waals surface area (Å²) in [5.41, 5.74) is 1.09. The van der Waals surface area contributed by atoms with Gasteiger partial charge in [-0.1, -0.05) is 29.3 Å². The molecule has 0 heterocycles. The Morgan fingerprint density at radius 2 is 1.84 bits per heavy atom. The number of hydrogen-bond donors (Lipinski definition) is 3. The van der Waals surface area contributed by atoms with Gasteiger partial charge in [-0.3, -0.25) is 9.79 Å². The fourth-order valence-electron chi connectivity index (χ4n) is 2.29. The van der Waals surface area contributed by atoms with Crippen LogP contribution >= 0.6 is 47.2 Å². The lowest BCUT2D eigenvalue weighted by molar-refractivity contribution is -0.122. The number of halogens is 3. The maximum Gasteiger partial charge on any atom is 0.223 e. The molecule has 2 rings (SSSR count). The Hall–Kier alpha value is -0.730. The quantitative estimate of drug-likeness (QED) is 0.223. The molecule has 0 aromatic heterocycles. The topological polar surface area (TPSA) is 65.5 Å². The van der Waals surface area contributed by atoms with E-state index in [2.05, 4.69) is 20.9 Å². The van der Waals surface area contributed by atoms with Crippen LogP contribution in [0.5, 0.6) is 0 Å². The fraction of sp³-hybridized carbons (Fsp3) is 0.529. The third kappa shape index (κ3) is 8.46. The average molecular weight is 499 g/mol. The van der Waals surface area contributed by atoms with Gasteiger partial charge in [0, 0.05) is 42.6 Å². The van der Waals surface area contributed by atoms with Gasteiger partial charge >= 0.3 is 0 Å². The molecule has 0 atom stereocenters. The molecule has 8 heteroatoms. The second-order valence-electron chi connectivity index (χ2n) is 5.83. The van der Waals surface area contributed by atoms with Crippen LogP contribution in [-0.4, -0.2) is 38.5 Å². The molecule has 0 saturated heterocycles. The van der Waals surface area contributed by atoms with Gasteiger partial charge in [0.2, 0.25) is 5.91 Å². The maximum absolute atomic E-state index is 11.5. The van der Waals surface area contributed by atoms with Gasteiger partial charge in [0.1, 0.15) is 0 Å². The minimum Gasteiger partial charge on any atom is -0.356 e. The summed E-state index contributed by atoms with van der Waals surface area (Å²) in [6, 6.07) is 5.58. The molecule has 1 fully saturated rings. The highest BCUT2D eigenvalue weighted by Crippen LogP contribution is 2.28. The van der Waals surface area contributed by atoms with Crippen LogP contribution in [0.1, 0.15) is 24.8 Å². The zero-order chi connectivity index (χ0) is 17.4. The number of carbonyl (C=O) groups is 1. The average Bonchev–Trinajstić information content (AvgIpc) is 3.39. The Morgan fingerprint density at radius 3 is 2.48 bits per heavy atom. The van der Waals surface area contributed by atoms with Crippen LogP contribution < -0.4 is 16.0 Å². The van der Waals surface area contributed by atoms with Gasteiger partial charge < -0.3 is 16.0 Å². The van der Waals surface area contributed by atoms with Crippen molar-refractivity contribution >= 4 is 59.0 Å². The number of aryl methyl sites for hydroxylation is 1. The van der Waals surface area contributed by atoms with E-state index < -0.39 is 0 Å². The molecule has 1 aliphatic carbocycles. The van der Waals surface area contributed by atoms with E-state index in [1.165, 1.54) is 0 Å². The van der Waals surface area contributed by atoms with Crippen LogP contribution in [0.3, 0.4) is 0 Å². The highest BCUT2D eigenvalue weighted by Gasteiger charge is 2.28. The molecule has 0 spiro atoms. The van der Waals surface area contributed by atoms with E-state index in [0.717, 1.165) is 43.8 Å². The van der Waals surface area contributed by atoms with Gasteiger partial charge in [-0.2, -0.15) is 0 Å². The Kier molecular flexibility index (Phi) is 10.5. The largest absolute Gasteiger partial charge is 0.356 e. The Balaban J connectivity index is 0.00000312. The fourth-order valence-corrected chi connectivity index (χ4v) is 2.79. The van der Waals surface area contributed by atoms with Gasteiger partial charge in [0.05, 0.1) is 0 Å². The first-order valence-electron chi connectivity index (χ1n) is 8.26. The van der Waals surface area contributed by atoms with Gasteiger partial charge in [0.25, 0.3) is 0 Å². The molecular weight excluding hydrogens is 474 g/mol. The molecule has 1 saturated carbocycles. The number of hydrogen-bond acceptors (Lipinski definition) is 2. The normalized spacial score (nSPS) is 13.8. The first-order chi connectivity index (χ1) is 11.6. The Morgan fingerprint density at radius 1 is 1.16 bits per heavy atom. The summed E-state index contributed by atoms with van der Waals surface area (Å²) in [6.07, 6.45) is 3.86. The Bertz CT molecular complexity index is 594. The van der Waals surface area contributed by atoms with Gasteiger partial charge in [-0.15, -0.1) is 24.0 Å². The van der Waals surface area contributed by atoms with E-state index in [0.29, 0.717) is 23.1 Å².